The molecule has 0 amide bonds. The summed E-state index contributed by atoms with van der Waals surface area (Å²) in [5, 5.41) is 0. The third-order valence-electron chi connectivity index (χ3n) is 9.12. The van der Waals surface area contributed by atoms with Crippen LogP contribution in [0.3, 0.4) is 0 Å². The van der Waals surface area contributed by atoms with Crippen LogP contribution in [-0.2, 0) is 52.3 Å². The second-order valence-corrected chi connectivity index (χ2v) is 11.8. The molecule has 0 N–H and O–H groups in total. The van der Waals surface area contributed by atoms with E-state index < -0.39 is 0 Å². The van der Waals surface area contributed by atoms with Crippen LogP contribution in [0, 0.1) is 13.8 Å². The van der Waals surface area contributed by atoms with E-state index in [9.17, 15) is 9.59 Å². The molecule has 5 heterocycles. The van der Waals surface area contributed by atoms with Crippen molar-refractivity contribution in [2.45, 2.75) is 93.9 Å². The van der Waals surface area contributed by atoms with Crippen molar-refractivity contribution in [3.05, 3.63) is 69.3 Å². The molecule has 0 aliphatic carbocycles. The van der Waals surface area contributed by atoms with Gasteiger partial charge in [0.2, 0.25) is 0 Å². The zero-order valence-corrected chi connectivity index (χ0v) is 30.3. The number of hydrogen-bond donors (Lipinski definition) is 0. The van der Waals surface area contributed by atoms with Crippen LogP contribution in [0.5, 0.6) is 0 Å². The second kappa shape index (κ2) is 15.4. The SMILES string of the molecule is CCOC(=O)CCc1c(C)c2cc3nc(cc4nc(cc5[n-]c(cc1[n-]2)c(CCC(=O)OCC)c5C)C(CC)=C4C)C(CC)=C3C.[Pd+2]. The first kappa shape index (κ1) is 36.0. The maximum Gasteiger partial charge on any atom is 2.00 e. The number of aromatic nitrogens is 4. The van der Waals surface area contributed by atoms with Crippen molar-refractivity contribution in [2.75, 3.05) is 13.2 Å². The summed E-state index contributed by atoms with van der Waals surface area (Å²) in [6, 6.07) is 8.23. The van der Waals surface area contributed by atoms with Crippen molar-refractivity contribution >= 4 is 56.3 Å². The average molecular weight is 727 g/mol. The maximum absolute atomic E-state index is 12.4. The van der Waals surface area contributed by atoms with Gasteiger partial charge in [-0.1, -0.05) is 54.3 Å². The molecule has 5 rings (SSSR count). The summed E-state index contributed by atoms with van der Waals surface area (Å²) in [6.07, 6.45) is 3.16. The van der Waals surface area contributed by atoms with Gasteiger partial charge in [-0.2, -0.15) is 0 Å². The Bertz CT molecular complexity index is 1930. The van der Waals surface area contributed by atoms with Gasteiger partial charge in [-0.25, -0.2) is 9.97 Å². The molecule has 2 aliphatic rings. The standard InChI is InChI=1S/C38H44N4O4.Pd/c1-9-25-21(5)29-17-30-23(7)27(13-15-37(43)45-11-3)35(41-30)20-36-28(14-16-38(44)46-12-4)24(8)32(42-36)19-34-26(10-2)22(6)31(40-34)18-33(25)39-29;/h17-20H,9-16H2,1-8H3;/q-2;+2. The molecular weight excluding hydrogens is 683 g/mol. The van der Waals surface area contributed by atoms with Crippen LogP contribution in [0.15, 0.2) is 24.3 Å². The van der Waals surface area contributed by atoms with E-state index in [-0.39, 0.29) is 45.2 Å². The Balaban J connectivity index is 0.00000500. The second-order valence-electron chi connectivity index (χ2n) is 11.8. The van der Waals surface area contributed by atoms with Gasteiger partial charge in [-0.3, -0.25) is 9.59 Å². The van der Waals surface area contributed by atoms with Crippen LogP contribution in [-0.4, -0.2) is 35.1 Å². The van der Waals surface area contributed by atoms with E-state index in [0.717, 1.165) is 91.1 Å². The Morgan fingerprint density at radius 2 is 1.00 bits per heavy atom. The molecule has 8 bridgehead atoms. The summed E-state index contributed by atoms with van der Waals surface area (Å²) in [4.78, 5) is 45.3. The summed E-state index contributed by atoms with van der Waals surface area (Å²) < 4.78 is 10.5. The smallest absolute Gasteiger partial charge is 0.657 e. The number of nitrogens with zero attached hydrogens (tertiary/aromatic N) is 4. The molecule has 8 nitrogen and oxygen atoms in total. The van der Waals surface area contributed by atoms with Gasteiger partial charge < -0.3 is 19.4 Å². The first-order chi connectivity index (χ1) is 22.1. The number of hydrogen-bond acceptors (Lipinski definition) is 6. The van der Waals surface area contributed by atoms with Gasteiger partial charge in [0.15, 0.2) is 0 Å². The number of esters is 2. The molecule has 9 heteroatoms. The minimum Gasteiger partial charge on any atom is -0.657 e. The molecule has 0 atom stereocenters. The Morgan fingerprint density at radius 1 is 0.596 bits per heavy atom. The quantitative estimate of drug-likeness (QED) is 0.154. The number of carbonyl (C=O) groups excluding carboxylic acids is 2. The average Bonchev–Trinajstić information content (AvgIpc) is 3.68. The Morgan fingerprint density at radius 3 is 1.43 bits per heavy atom. The molecule has 0 unspecified atom stereocenters. The van der Waals surface area contributed by atoms with Crippen molar-refractivity contribution in [2.24, 2.45) is 0 Å². The first-order valence-corrected chi connectivity index (χ1v) is 16.4. The van der Waals surface area contributed by atoms with Crippen molar-refractivity contribution in [3.8, 4) is 0 Å². The normalized spacial score (nSPS) is 12.8. The third-order valence-corrected chi connectivity index (χ3v) is 9.12. The molecule has 0 saturated carbocycles. The van der Waals surface area contributed by atoms with E-state index in [1.807, 2.05) is 26.8 Å². The van der Waals surface area contributed by atoms with E-state index in [0.29, 0.717) is 26.1 Å². The zero-order valence-electron chi connectivity index (χ0n) is 28.7. The Kier molecular flexibility index (Phi) is 11.8. The molecule has 0 aromatic carbocycles. The summed E-state index contributed by atoms with van der Waals surface area (Å²) >= 11 is 0. The predicted molar refractivity (Wildman–Crippen MR) is 184 cm³/mol. The fourth-order valence-corrected chi connectivity index (χ4v) is 6.51. The van der Waals surface area contributed by atoms with Crippen LogP contribution in [0.4, 0.5) is 0 Å². The third kappa shape index (κ3) is 7.37. The van der Waals surface area contributed by atoms with Crippen molar-refractivity contribution in [3.63, 3.8) is 0 Å². The van der Waals surface area contributed by atoms with Gasteiger partial charge >= 0.3 is 32.4 Å². The van der Waals surface area contributed by atoms with E-state index in [4.69, 9.17) is 29.4 Å². The van der Waals surface area contributed by atoms with Crippen molar-refractivity contribution < 1.29 is 39.5 Å². The van der Waals surface area contributed by atoms with Crippen LogP contribution in [0.1, 0.15) is 112 Å². The van der Waals surface area contributed by atoms with Crippen LogP contribution in [0.25, 0.3) is 44.4 Å². The number of allylic oxidation sites excluding steroid dienone is 4. The monoisotopic (exact) mass is 726 g/mol. The van der Waals surface area contributed by atoms with Gasteiger partial charge in [0, 0.05) is 12.8 Å². The molecule has 3 aromatic heterocycles. The summed E-state index contributed by atoms with van der Waals surface area (Å²) in [5.74, 6) is -0.478. The fourth-order valence-electron chi connectivity index (χ4n) is 6.51. The van der Waals surface area contributed by atoms with E-state index in [2.05, 4.69) is 52.8 Å². The molecule has 250 valence electrons. The fraction of sp³-hybridized carbons (Fsp3) is 0.421. The number of rotatable bonds is 10. The van der Waals surface area contributed by atoms with Crippen molar-refractivity contribution in [1.82, 2.24) is 19.9 Å². The molecule has 0 spiro atoms. The predicted octanol–water partition coefficient (Wildman–Crippen LogP) is 7.86. The zero-order chi connectivity index (χ0) is 33.1. The minimum atomic E-state index is -0.239. The summed E-state index contributed by atoms with van der Waals surface area (Å²) in [5.41, 5.74) is 15.4. The number of ether oxygens (including phenoxy) is 2. The first-order valence-electron chi connectivity index (χ1n) is 16.4. The minimum absolute atomic E-state index is 0. The topological polar surface area (TPSA) is 107 Å². The van der Waals surface area contributed by atoms with E-state index >= 15 is 0 Å². The molecule has 3 aromatic rings. The maximum atomic E-state index is 12.4. The molecule has 0 radical (unpaired) electrons. The number of fused-ring (bicyclic) bond motifs is 8. The molecule has 2 aliphatic heterocycles. The van der Waals surface area contributed by atoms with E-state index in [1.54, 1.807) is 0 Å². The Labute approximate surface area is 291 Å². The number of aryl methyl sites for hydroxylation is 4. The molecular formula is C38H44N4O4Pd. The van der Waals surface area contributed by atoms with Gasteiger partial charge in [-0.05, 0) is 95.6 Å². The van der Waals surface area contributed by atoms with Crippen LogP contribution >= 0.6 is 0 Å². The molecule has 47 heavy (non-hydrogen) atoms. The summed E-state index contributed by atoms with van der Waals surface area (Å²) in [7, 11) is 0. The molecule has 0 fully saturated rings. The van der Waals surface area contributed by atoms with Crippen LogP contribution in [0.2, 0.25) is 0 Å². The number of carbonyl (C=O) groups is 2. The largest absolute Gasteiger partial charge is 2.00 e. The van der Waals surface area contributed by atoms with Crippen molar-refractivity contribution in [1.29, 1.82) is 0 Å². The van der Waals surface area contributed by atoms with E-state index in [1.165, 1.54) is 11.1 Å². The van der Waals surface area contributed by atoms with Gasteiger partial charge in [-0.15, -0.1) is 22.1 Å². The van der Waals surface area contributed by atoms with Gasteiger partial charge in [0.1, 0.15) is 0 Å². The van der Waals surface area contributed by atoms with Gasteiger partial charge in [0.25, 0.3) is 0 Å². The summed E-state index contributed by atoms with van der Waals surface area (Å²) in [6.45, 7) is 17.0. The van der Waals surface area contributed by atoms with Gasteiger partial charge in [0.05, 0.1) is 36.0 Å². The molecule has 0 saturated heterocycles. The van der Waals surface area contributed by atoms with Crippen LogP contribution < -0.4 is 9.97 Å². The Hall–Kier alpha value is -3.80.